The molecule has 0 unspecified atom stereocenters. The van der Waals surface area contributed by atoms with Gasteiger partial charge in [-0.25, -0.2) is 0 Å². The average Bonchev–Trinajstić information content (AvgIpc) is 2.32. The first-order chi connectivity index (χ1) is 8.63. The molecule has 0 saturated heterocycles. The second-order valence-corrected chi connectivity index (χ2v) is 4.54. The lowest BCUT2D eigenvalue weighted by molar-refractivity contribution is -0.684. The van der Waals surface area contributed by atoms with Gasteiger partial charge in [-0.3, -0.25) is 4.79 Å². The van der Waals surface area contributed by atoms with Crippen molar-refractivity contribution in [1.29, 1.82) is 0 Å². The van der Waals surface area contributed by atoms with Gasteiger partial charge in [0.05, 0.1) is 0 Å². The molecular formula is C14H14ClN2O+. The molecule has 1 aromatic carbocycles. The fourth-order valence-corrected chi connectivity index (χ4v) is 1.76. The number of aromatic nitrogens is 1. The number of benzene rings is 1. The van der Waals surface area contributed by atoms with Gasteiger partial charge >= 0.3 is 0 Å². The largest absolute Gasteiger partial charge is 0.321 e. The second-order valence-electron chi connectivity index (χ2n) is 4.11. The maximum Gasteiger partial charge on any atom is 0.290 e. The van der Waals surface area contributed by atoms with Crippen molar-refractivity contribution in [3.05, 3.63) is 59.4 Å². The zero-order valence-electron chi connectivity index (χ0n) is 10.1. The molecule has 0 aliphatic rings. The van der Waals surface area contributed by atoms with Crippen molar-refractivity contribution < 1.29 is 9.36 Å². The monoisotopic (exact) mass is 261 g/mol. The number of halogens is 1. The fraction of sp³-hybridized carbons (Fsp3) is 0.143. The molecule has 1 heterocycles. The summed E-state index contributed by atoms with van der Waals surface area (Å²) in [6, 6.07) is 11.0. The lowest BCUT2D eigenvalue weighted by Gasteiger charge is -2.03. The zero-order chi connectivity index (χ0) is 13.0. The summed E-state index contributed by atoms with van der Waals surface area (Å²) in [5.41, 5.74) is 1.88. The Morgan fingerprint density at radius 2 is 2.00 bits per heavy atom. The molecular weight excluding hydrogens is 248 g/mol. The number of pyridine rings is 1. The van der Waals surface area contributed by atoms with E-state index in [1.54, 1.807) is 18.2 Å². The minimum atomic E-state index is -0.0777. The predicted octanol–water partition coefficient (Wildman–Crippen LogP) is 2.57. The number of anilines is 1. The van der Waals surface area contributed by atoms with E-state index < -0.39 is 0 Å². The van der Waals surface area contributed by atoms with Crippen molar-refractivity contribution in [2.45, 2.75) is 13.5 Å². The molecule has 1 aromatic heterocycles. The van der Waals surface area contributed by atoms with Gasteiger partial charge in [-0.2, -0.15) is 4.57 Å². The van der Waals surface area contributed by atoms with E-state index in [2.05, 4.69) is 5.32 Å². The van der Waals surface area contributed by atoms with Crippen molar-refractivity contribution >= 4 is 23.2 Å². The average molecular weight is 262 g/mol. The summed E-state index contributed by atoms with van der Waals surface area (Å²) in [4.78, 5) is 11.8. The summed E-state index contributed by atoms with van der Waals surface area (Å²) in [6.07, 6.45) is 3.76. The van der Waals surface area contributed by atoms with E-state index in [9.17, 15) is 4.79 Å². The second kappa shape index (κ2) is 5.65. The SMILES string of the molecule is Cc1cc[n+](CC(=O)Nc2cccc(Cl)c2)cc1. The normalized spacial score (nSPS) is 10.1. The summed E-state index contributed by atoms with van der Waals surface area (Å²) in [5.74, 6) is -0.0777. The van der Waals surface area contributed by atoms with Gasteiger partial charge in [-0.1, -0.05) is 17.7 Å². The molecule has 0 spiro atoms. The van der Waals surface area contributed by atoms with Crippen LogP contribution in [0.25, 0.3) is 0 Å². The fourth-order valence-electron chi connectivity index (χ4n) is 1.57. The van der Waals surface area contributed by atoms with Crippen molar-refractivity contribution in [1.82, 2.24) is 0 Å². The van der Waals surface area contributed by atoms with E-state index in [4.69, 9.17) is 11.6 Å². The van der Waals surface area contributed by atoms with Crippen molar-refractivity contribution in [3.8, 4) is 0 Å². The van der Waals surface area contributed by atoms with Crippen LogP contribution in [0.1, 0.15) is 5.56 Å². The number of amides is 1. The van der Waals surface area contributed by atoms with Crippen molar-refractivity contribution in [2.24, 2.45) is 0 Å². The minimum Gasteiger partial charge on any atom is -0.321 e. The Morgan fingerprint density at radius 1 is 1.28 bits per heavy atom. The molecule has 0 bridgehead atoms. The number of nitrogens with zero attached hydrogens (tertiary/aromatic N) is 1. The first-order valence-corrected chi connectivity index (χ1v) is 6.02. The van der Waals surface area contributed by atoms with Crippen LogP contribution < -0.4 is 9.88 Å². The van der Waals surface area contributed by atoms with Crippen LogP contribution in [0.2, 0.25) is 5.02 Å². The summed E-state index contributed by atoms with van der Waals surface area (Å²) < 4.78 is 1.83. The Labute approximate surface area is 111 Å². The highest BCUT2D eigenvalue weighted by molar-refractivity contribution is 6.30. The van der Waals surface area contributed by atoms with Crippen LogP contribution in [0.15, 0.2) is 48.8 Å². The van der Waals surface area contributed by atoms with Crippen molar-refractivity contribution in [3.63, 3.8) is 0 Å². The van der Waals surface area contributed by atoms with Crippen LogP contribution in [0.5, 0.6) is 0 Å². The van der Waals surface area contributed by atoms with Gasteiger partial charge in [-0.15, -0.1) is 0 Å². The van der Waals surface area contributed by atoms with Crippen molar-refractivity contribution in [2.75, 3.05) is 5.32 Å². The molecule has 0 aliphatic carbocycles. The molecule has 2 aromatic rings. The van der Waals surface area contributed by atoms with Gasteiger partial charge in [0.15, 0.2) is 12.4 Å². The molecule has 2 rings (SSSR count). The Morgan fingerprint density at radius 3 is 2.67 bits per heavy atom. The molecule has 1 N–H and O–H groups in total. The lowest BCUT2D eigenvalue weighted by atomic mass is 10.3. The number of aryl methyl sites for hydroxylation is 1. The molecule has 0 radical (unpaired) electrons. The number of carbonyl (C=O) groups excluding carboxylic acids is 1. The summed E-state index contributed by atoms with van der Waals surface area (Å²) in [7, 11) is 0. The molecule has 0 atom stereocenters. The first kappa shape index (κ1) is 12.6. The minimum absolute atomic E-state index is 0.0777. The maximum absolute atomic E-state index is 11.8. The number of carbonyl (C=O) groups is 1. The third-order valence-electron chi connectivity index (χ3n) is 2.49. The van der Waals surface area contributed by atoms with E-state index in [0.717, 1.165) is 0 Å². The quantitative estimate of drug-likeness (QED) is 0.847. The molecule has 4 heteroatoms. The summed E-state index contributed by atoms with van der Waals surface area (Å²) in [5, 5.41) is 3.41. The molecule has 0 fully saturated rings. The van der Waals surface area contributed by atoms with E-state index in [1.807, 2.05) is 42.1 Å². The van der Waals surface area contributed by atoms with Crippen LogP contribution in [-0.2, 0) is 11.3 Å². The topological polar surface area (TPSA) is 33.0 Å². The Balaban J connectivity index is 1.98. The van der Waals surface area contributed by atoms with Crippen LogP contribution in [0, 0.1) is 6.92 Å². The number of rotatable bonds is 3. The van der Waals surface area contributed by atoms with Gasteiger partial charge in [0.25, 0.3) is 5.91 Å². The third-order valence-corrected chi connectivity index (χ3v) is 2.73. The maximum atomic E-state index is 11.8. The standard InChI is InChI=1S/C14H13ClN2O/c1-11-5-7-17(8-6-11)10-14(18)16-13-4-2-3-12(15)9-13/h2-9H,10H2,1H3/p+1. The van der Waals surface area contributed by atoms with Gasteiger partial charge in [0.1, 0.15) is 0 Å². The highest BCUT2D eigenvalue weighted by Gasteiger charge is 2.09. The Hall–Kier alpha value is -1.87. The lowest BCUT2D eigenvalue weighted by Crippen LogP contribution is -2.39. The highest BCUT2D eigenvalue weighted by Crippen LogP contribution is 2.14. The van der Waals surface area contributed by atoms with Gasteiger partial charge in [-0.05, 0) is 30.7 Å². The summed E-state index contributed by atoms with van der Waals surface area (Å²) in [6.45, 7) is 2.29. The molecule has 1 amide bonds. The highest BCUT2D eigenvalue weighted by atomic mass is 35.5. The van der Waals surface area contributed by atoms with Crippen LogP contribution in [0.4, 0.5) is 5.69 Å². The van der Waals surface area contributed by atoms with Gasteiger partial charge in [0.2, 0.25) is 6.54 Å². The van der Waals surface area contributed by atoms with Gasteiger partial charge in [0, 0.05) is 22.8 Å². The van der Waals surface area contributed by atoms with Crippen LogP contribution >= 0.6 is 11.6 Å². The third kappa shape index (κ3) is 3.57. The first-order valence-electron chi connectivity index (χ1n) is 5.64. The van der Waals surface area contributed by atoms with Crippen LogP contribution in [0.3, 0.4) is 0 Å². The van der Waals surface area contributed by atoms with E-state index in [-0.39, 0.29) is 12.5 Å². The smallest absolute Gasteiger partial charge is 0.290 e. The predicted molar refractivity (Wildman–Crippen MR) is 71.5 cm³/mol. The van der Waals surface area contributed by atoms with Crippen LogP contribution in [-0.4, -0.2) is 5.91 Å². The number of hydrogen-bond acceptors (Lipinski definition) is 1. The zero-order valence-corrected chi connectivity index (χ0v) is 10.8. The molecule has 3 nitrogen and oxygen atoms in total. The van der Waals surface area contributed by atoms with Gasteiger partial charge < -0.3 is 5.32 Å². The number of nitrogens with one attached hydrogen (secondary N) is 1. The van der Waals surface area contributed by atoms with E-state index in [0.29, 0.717) is 10.7 Å². The Bertz CT molecular complexity index is 552. The summed E-state index contributed by atoms with van der Waals surface area (Å²) >= 11 is 5.85. The molecule has 0 saturated carbocycles. The molecule has 0 aliphatic heterocycles. The Kier molecular flexibility index (Phi) is 3.95. The van der Waals surface area contributed by atoms with E-state index in [1.165, 1.54) is 5.56 Å². The number of hydrogen-bond donors (Lipinski definition) is 1. The van der Waals surface area contributed by atoms with E-state index >= 15 is 0 Å². The molecule has 18 heavy (non-hydrogen) atoms. The molecule has 92 valence electrons.